The Morgan fingerprint density at radius 2 is 2.21 bits per heavy atom. The highest BCUT2D eigenvalue weighted by molar-refractivity contribution is 6.30. The first-order valence-corrected chi connectivity index (χ1v) is 4.16. The van der Waals surface area contributed by atoms with E-state index in [0.717, 1.165) is 4.57 Å². The number of H-pyrrole nitrogens is 1. The first-order valence-electron chi connectivity index (χ1n) is 3.78. The van der Waals surface area contributed by atoms with Crippen LogP contribution in [0, 0.1) is 0 Å². The smallest absolute Gasteiger partial charge is 0.328 e. The highest BCUT2D eigenvalue weighted by atomic mass is 35.5. The van der Waals surface area contributed by atoms with Gasteiger partial charge in [-0.1, -0.05) is 11.6 Å². The van der Waals surface area contributed by atoms with Crippen molar-refractivity contribution in [3.8, 4) is 0 Å². The van der Waals surface area contributed by atoms with Crippen molar-refractivity contribution in [3.05, 3.63) is 32.1 Å². The first-order chi connectivity index (χ1) is 6.50. The van der Waals surface area contributed by atoms with Crippen molar-refractivity contribution in [2.24, 2.45) is 5.73 Å². The van der Waals surface area contributed by atoms with E-state index < -0.39 is 17.2 Å². The fourth-order valence-electron chi connectivity index (χ4n) is 0.879. The minimum atomic E-state index is -0.646. The van der Waals surface area contributed by atoms with Gasteiger partial charge in [0, 0.05) is 19.2 Å². The van der Waals surface area contributed by atoms with Gasteiger partial charge in [0.2, 0.25) is 5.91 Å². The summed E-state index contributed by atoms with van der Waals surface area (Å²) in [5.41, 5.74) is 3.64. The second kappa shape index (κ2) is 4.10. The Labute approximate surface area is 83.3 Å². The van der Waals surface area contributed by atoms with Crippen LogP contribution < -0.4 is 17.0 Å². The van der Waals surface area contributed by atoms with Crippen LogP contribution in [0.25, 0.3) is 0 Å². The average Bonchev–Trinajstić information content (AvgIpc) is 2.09. The average molecular weight is 218 g/mol. The number of hydrogen-bond donors (Lipinski definition) is 2. The Bertz CT molecular complexity index is 462. The largest absolute Gasteiger partial charge is 0.370 e. The molecule has 0 aliphatic carbocycles. The number of amides is 1. The Kier molecular flexibility index (Phi) is 3.08. The molecule has 0 aliphatic heterocycles. The number of hydrogen-bond acceptors (Lipinski definition) is 3. The van der Waals surface area contributed by atoms with E-state index >= 15 is 0 Å². The summed E-state index contributed by atoms with van der Waals surface area (Å²) in [5.74, 6) is -0.528. The van der Waals surface area contributed by atoms with Crippen molar-refractivity contribution < 1.29 is 4.79 Å². The number of aromatic amines is 1. The van der Waals surface area contributed by atoms with E-state index in [9.17, 15) is 14.4 Å². The lowest BCUT2D eigenvalue weighted by molar-refractivity contribution is -0.118. The number of rotatable bonds is 3. The number of aryl methyl sites for hydroxylation is 1. The van der Waals surface area contributed by atoms with Crippen LogP contribution in [0.2, 0.25) is 5.02 Å². The number of carbonyl (C=O) groups is 1. The van der Waals surface area contributed by atoms with Gasteiger partial charge in [-0.2, -0.15) is 0 Å². The maximum absolute atomic E-state index is 11.1. The van der Waals surface area contributed by atoms with Crippen LogP contribution >= 0.6 is 11.6 Å². The third kappa shape index (κ3) is 2.46. The number of carbonyl (C=O) groups excluding carboxylic acids is 1. The fraction of sp³-hybridized carbons (Fsp3) is 0.286. The van der Waals surface area contributed by atoms with Crippen molar-refractivity contribution in [1.82, 2.24) is 9.55 Å². The molecule has 0 saturated carbocycles. The zero-order chi connectivity index (χ0) is 10.7. The second-order valence-corrected chi connectivity index (χ2v) is 3.05. The first kappa shape index (κ1) is 10.5. The van der Waals surface area contributed by atoms with Crippen LogP contribution in [-0.4, -0.2) is 15.5 Å². The van der Waals surface area contributed by atoms with E-state index in [1.165, 1.54) is 6.20 Å². The number of nitrogens with zero attached hydrogens (tertiary/aromatic N) is 1. The molecule has 14 heavy (non-hydrogen) atoms. The second-order valence-electron chi connectivity index (χ2n) is 2.65. The van der Waals surface area contributed by atoms with Gasteiger partial charge in [-0.3, -0.25) is 19.1 Å². The lowest BCUT2D eigenvalue weighted by Gasteiger charge is -2.02. The van der Waals surface area contributed by atoms with Gasteiger partial charge in [0.25, 0.3) is 5.56 Å². The predicted octanol–water partition coefficient (Wildman–Crippen LogP) is -0.935. The molecule has 6 nitrogen and oxygen atoms in total. The molecule has 76 valence electrons. The van der Waals surface area contributed by atoms with Crippen molar-refractivity contribution in [1.29, 1.82) is 0 Å². The summed E-state index contributed by atoms with van der Waals surface area (Å²) in [5, 5.41) is -0.103. The van der Waals surface area contributed by atoms with Gasteiger partial charge < -0.3 is 5.73 Å². The van der Waals surface area contributed by atoms with Crippen molar-refractivity contribution in [2.45, 2.75) is 13.0 Å². The molecule has 1 amide bonds. The number of nitrogens with one attached hydrogen (secondary N) is 1. The maximum Gasteiger partial charge on any atom is 0.328 e. The molecule has 0 spiro atoms. The zero-order valence-corrected chi connectivity index (χ0v) is 7.87. The van der Waals surface area contributed by atoms with Crippen LogP contribution in [0.5, 0.6) is 0 Å². The molecule has 0 saturated heterocycles. The van der Waals surface area contributed by atoms with Gasteiger partial charge in [0.15, 0.2) is 0 Å². The highest BCUT2D eigenvalue weighted by Gasteiger charge is 2.02. The van der Waals surface area contributed by atoms with E-state index in [0.29, 0.717) is 0 Å². The molecule has 0 radical (unpaired) electrons. The molecule has 1 rings (SSSR count). The molecule has 1 aromatic rings. The SMILES string of the molecule is NC(=O)CCn1cc(Cl)c(=O)[nH]c1=O. The van der Waals surface area contributed by atoms with E-state index in [2.05, 4.69) is 0 Å². The molecule has 1 heterocycles. The van der Waals surface area contributed by atoms with Crippen LogP contribution in [0.15, 0.2) is 15.8 Å². The predicted molar refractivity (Wildman–Crippen MR) is 50.1 cm³/mol. The van der Waals surface area contributed by atoms with E-state index in [1.807, 2.05) is 4.98 Å². The topological polar surface area (TPSA) is 97.9 Å². The third-order valence-corrected chi connectivity index (χ3v) is 1.84. The van der Waals surface area contributed by atoms with Crippen LogP contribution in [0.1, 0.15) is 6.42 Å². The number of aromatic nitrogens is 2. The molecule has 7 heteroatoms. The molecule has 0 fully saturated rings. The highest BCUT2D eigenvalue weighted by Crippen LogP contribution is 1.96. The Morgan fingerprint density at radius 3 is 2.79 bits per heavy atom. The maximum atomic E-state index is 11.1. The molecule has 0 unspecified atom stereocenters. The van der Waals surface area contributed by atoms with Crippen LogP contribution in [-0.2, 0) is 11.3 Å². The van der Waals surface area contributed by atoms with Gasteiger partial charge >= 0.3 is 5.69 Å². The van der Waals surface area contributed by atoms with E-state index in [-0.39, 0.29) is 18.0 Å². The van der Waals surface area contributed by atoms with Crippen LogP contribution in [0.3, 0.4) is 0 Å². The summed E-state index contributed by atoms with van der Waals surface area (Å²) in [6.07, 6.45) is 1.19. The molecular formula is C7H8ClN3O3. The van der Waals surface area contributed by atoms with Crippen molar-refractivity contribution >= 4 is 17.5 Å². The third-order valence-electron chi connectivity index (χ3n) is 1.57. The molecule has 1 aromatic heterocycles. The van der Waals surface area contributed by atoms with Crippen molar-refractivity contribution in [3.63, 3.8) is 0 Å². The van der Waals surface area contributed by atoms with Crippen molar-refractivity contribution in [2.75, 3.05) is 0 Å². The minimum Gasteiger partial charge on any atom is -0.370 e. The van der Waals surface area contributed by atoms with Gasteiger partial charge in [-0.25, -0.2) is 4.79 Å². The monoisotopic (exact) mass is 217 g/mol. The Morgan fingerprint density at radius 1 is 1.57 bits per heavy atom. The summed E-state index contributed by atoms with van der Waals surface area (Å²) in [6.45, 7) is 0.102. The lowest BCUT2D eigenvalue weighted by Crippen LogP contribution is -2.30. The molecule has 0 atom stereocenters. The lowest BCUT2D eigenvalue weighted by atomic mass is 10.4. The number of nitrogens with two attached hydrogens (primary N) is 1. The molecular weight excluding hydrogens is 210 g/mol. The summed E-state index contributed by atoms with van der Waals surface area (Å²) < 4.78 is 1.12. The van der Waals surface area contributed by atoms with E-state index in [4.69, 9.17) is 17.3 Å². The molecule has 0 bridgehead atoms. The molecule has 0 aliphatic rings. The van der Waals surface area contributed by atoms with Gasteiger partial charge in [-0.05, 0) is 0 Å². The van der Waals surface area contributed by atoms with E-state index in [1.54, 1.807) is 0 Å². The molecule has 3 N–H and O–H groups in total. The summed E-state index contributed by atoms with van der Waals surface area (Å²) in [7, 11) is 0. The Hall–Kier alpha value is -1.56. The standard InChI is InChI=1S/C7H8ClN3O3/c8-4-3-11(2-1-5(9)12)7(14)10-6(4)13/h3H,1-2H2,(H2,9,12)(H,10,13,14). The van der Waals surface area contributed by atoms with Gasteiger partial charge in [0.05, 0.1) is 0 Å². The van der Waals surface area contributed by atoms with Gasteiger partial charge in [0.1, 0.15) is 5.02 Å². The quantitative estimate of drug-likeness (QED) is 0.684. The zero-order valence-electron chi connectivity index (χ0n) is 7.12. The normalized spacial score (nSPS) is 10.1. The summed E-state index contributed by atoms with van der Waals surface area (Å²) in [6, 6.07) is 0. The minimum absolute atomic E-state index is 0.0162. The summed E-state index contributed by atoms with van der Waals surface area (Å²) >= 11 is 5.48. The van der Waals surface area contributed by atoms with Crippen LogP contribution in [0.4, 0.5) is 0 Å². The number of primary amides is 1. The Balaban J connectivity index is 2.99. The van der Waals surface area contributed by atoms with Gasteiger partial charge in [-0.15, -0.1) is 0 Å². The summed E-state index contributed by atoms with van der Waals surface area (Å²) in [4.78, 5) is 34.4. The number of halogens is 1. The fourth-order valence-corrected chi connectivity index (χ4v) is 1.04. The molecule has 0 aromatic carbocycles.